The summed E-state index contributed by atoms with van der Waals surface area (Å²) >= 11 is 0. The van der Waals surface area contributed by atoms with Crippen LogP contribution in [-0.2, 0) is 49.4 Å². The van der Waals surface area contributed by atoms with Gasteiger partial charge in [0, 0.05) is 6.42 Å². The topological polar surface area (TPSA) is 166 Å². The summed E-state index contributed by atoms with van der Waals surface area (Å²) in [5.41, 5.74) is 0.847. The van der Waals surface area contributed by atoms with Crippen LogP contribution in [0.4, 0.5) is 0 Å². The first-order valence-corrected chi connectivity index (χ1v) is 10.4. The monoisotopic (exact) mass is 477 g/mol. The number of amides is 3. The Morgan fingerprint density at radius 2 is 1.47 bits per heavy atom. The summed E-state index contributed by atoms with van der Waals surface area (Å²) in [5, 5.41) is 7.37. The molecule has 4 atom stereocenters. The zero-order valence-electron chi connectivity index (χ0n) is 19.0. The molecule has 1 heterocycles. The van der Waals surface area contributed by atoms with Crippen LogP contribution >= 0.6 is 0 Å². The van der Waals surface area contributed by atoms with Crippen molar-refractivity contribution in [2.45, 2.75) is 37.4 Å². The number of methoxy groups -OCH3 is 3. The van der Waals surface area contributed by atoms with Gasteiger partial charge in [-0.25, -0.2) is 4.79 Å². The molecule has 2 rings (SSSR count). The highest BCUT2D eigenvalue weighted by atomic mass is 16.5. The van der Waals surface area contributed by atoms with E-state index in [1.807, 2.05) is 30.3 Å². The lowest BCUT2D eigenvalue weighted by molar-refractivity contribution is -0.159. The number of nitrogens with one attached hydrogen (secondary N) is 3. The third kappa shape index (κ3) is 7.02. The van der Waals surface area contributed by atoms with Crippen LogP contribution in [0.15, 0.2) is 30.3 Å². The maximum atomic E-state index is 12.6. The molecule has 34 heavy (non-hydrogen) atoms. The van der Waals surface area contributed by atoms with E-state index in [1.54, 1.807) is 0 Å². The Bertz CT molecular complexity index is 935. The van der Waals surface area contributed by atoms with Crippen molar-refractivity contribution in [2.75, 3.05) is 21.3 Å². The van der Waals surface area contributed by atoms with Gasteiger partial charge in [0.05, 0.1) is 40.1 Å². The second-order valence-electron chi connectivity index (χ2n) is 7.49. The molecule has 0 spiro atoms. The summed E-state index contributed by atoms with van der Waals surface area (Å²) in [5.74, 6) is -6.09. The molecule has 0 saturated carbocycles. The molecule has 0 radical (unpaired) electrons. The van der Waals surface area contributed by atoms with E-state index in [-0.39, 0.29) is 6.42 Å². The van der Waals surface area contributed by atoms with Gasteiger partial charge < -0.3 is 30.2 Å². The Morgan fingerprint density at radius 3 is 2.06 bits per heavy atom. The Morgan fingerprint density at radius 1 is 0.882 bits per heavy atom. The lowest BCUT2D eigenvalue weighted by atomic mass is 9.95. The fraction of sp³-hybridized carbons (Fsp3) is 0.455. The van der Waals surface area contributed by atoms with Crippen molar-refractivity contribution in [3.63, 3.8) is 0 Å². The SMILES string of the molecule is COC(=O)C[C@H](C(=O)OC)[C@H](NC(=O)C[C@@H]1NC(=O)[C@H](Cc2ccccc2)NC1=O)C(=O)OC. The smallest absolute Gasteiger partial charge is 0.329 e. The first kappa shape index (κ1) is 26.3. The number of hydrogen-bond acceptors (Lipinski definition) is 9. The molecule has 12 nitrogen and oxygen atoms in total. The van der Waals surface area contributed by atoms with Crippen LogP contribution < -0.4 is 16.0 Å². The summed E-state index contributed by atoms with van der Waals surface area (Å²) in [7, 11) is 3.18. The number of rotatable bonds is 10. The highest BCUT2D eigenvalue weighted by molar-refractivity contribution is 6.00. The van der Waals surface area contributed by atoms with E-state index in [4.69, 9.17) is 0 Å². The van der Waals surface area contributed by atoms with Crippen LogP contribution in [0.1, 0.15) is 18.4 Å². The zero-order valence-corrected chi connectivity index (χ0v) is 19.0. The first-order valence-electron chi connectivity index (χ1n) is 10.4. The van der Waals surface area contributed by atoms with Gasteiger partial charge in [0.15, 0.2) is 0 Å². The molecule has 1 saturated heterocycles. The molecular formula is C22H27N3O9. The van der Waals surface area contributed by atoms with Gasteiger partial charge in [-0.3, -0.25) is 24.0 Å². The second-order valence-corrected chi connectivity index (χ2v) is 7.49. The van der Waals surface area contributed by atoms with E-state index >= 15 is 0 Å². The third-order valence-electron chi connectivity index (χ3n) is 5.23. The molecule has 3 amide bonds. The Labute approximate surface area is 195 Å². The molecule has 1 aromatic rings. The molecule has 0 bridgehead atoms. The van der Waals surface area contributed by atoms with Crippen LogP contribution in [0, 0.1) is 5.92 Å². The highest BCUT2D eigenvalue weighted by Crippen LogP contribution is 2.15. The van der Waals surface area contributed by atoms with Gasteiger partial charge in [0.25, 0.3) is 0 Å². The van der Waals surface area contributed by atoms with Crippen molar-refractivity contribution in [3.8, 4) is 0 Å². The quantitative estimate of drug-likeness (QED) is 0.272. The molecule has 0 aromatic heterocycles. The van der Waals surface area contributed by atoms with E-state index in [1.165, 1.54) is 0 Å². The largest absolute Gasteiger partial charge is 0.469 e. The third-order valence-corrected chi connectivity index (χ3v) is 5.23. The van der Waals surface area contributed by atoms with Crippen LogP contribution in [0.5, 0.6) is 0 Å². The average Bonchev–Trinajstić information content (AvgIpc) is 2.83. The van der Waals surface area contributed by atoms with Crippen LogP contribution in [0.3, 0.4) is 0 Å². The van der Waals surface area contributed by atoms with E-state index in [0.29, 0.717) is 0 Å². The minimum Gasteiger partial charge on any atom is -0.469 e. The van der Waals surface area contributed by atoms with E-state index in [0.717, 1.165) is 26.9 Å². The Balaban J connectivity index is 2.06. The number of piperazine rings is 1. The summed E-state index contributed by atoms with van der Waals surface area (Å²) in [6.45, 7) is 0. The number of ether oxygens (including phenoxy) is 3. The number of carbonyl (C=O) groups excluding carboxylic acids is 6. The minimum atomic E-state index is -1.59. The molecule has 3 N–H and O–H groups in total. The first-order chi connectivity index (χ1) is 16.2. The number of esters is 3. The minimum absolute atomic E-state index is 0.274. The van der Waals surface area contributed by atoms with Gasteiger partial charge in [-0.1, -0.05) is 30.3 Å². The molecule has 0 unspecified atom stereocenters. The van der Waals surface area contributed by atoms with E-state index < -0.39 is 72.5 Å². The van der Waals surface area contributed by atoms with Crippen molar-refractivity contribution in [3.05, 3.63) is 35.9 Å². The second kappa shape index (κ2) is 12.3. The molecule has 1 aromatic carbocycles. The molecule has 1 fully saturated rings. The van der Waals surface area contributed by atoms with Gasteiger partial charge >= 0.3 is 17.9 Å². The molecule has 184 valence electrons. The van der Waals surface area contributed by atoms with Crippen LogP contribution in [0.25, 0.3) is 0 Å². The van der Waals surface area contributed by atoms with Crippen molar-refractivity contribution in [1.82, 2.24) is 16.0 Å². The predicted octanol–water partition coefficient (Wildman–Crippen LogP) is -1.39. The van der Waals surface area contributed by atoms with Gasteiger partial charge in [-0.15, -0.1) is 0 Å². The fourth-order valence-corrected chi connectivity index (χ4v) is 3.43. The average molecular weight is 477 g/mol. The summed E-state index contributed by atoms with van der Waals surface area (Å²) in [6.07, 6.45) is -0.809. The molecule has 0 aliphatic carbocycles. The predicted molar refractivity (Wildman–Crippen MR) is 115 cm³/mol. The maximum Gasteiger partial charge on any atom is 0.329 e. The van der Waals surface area contributed by atoms with Crippen molar-refractivity contribution in [2.24, 2.45) is 5.92 Å². The molecule has 12 heteroatoms. The van der Waals surface area contributed by atoms with Gasteiger partial charge in [-0.2, -0.15) is 0 Å². The lowest BCUT2D eigenvalue weighted by Gasteiger charge is -2.30. The van der Waals surface area contributed by atoms with E-state index in [2.05, 4.69) is 30.2 Å². The number of hydrogen-bond donors (Lipinski definition) is 3. The Kier molecular flexibility index (Phi) is 9.53. The Hall–Kier alpha value is -3.96. The fourth-order valence-electron chi connectivity index (χ4n) is 3.43. The molecule has 1 aliphatic heterocycles. The van der Waals surface area contributed by atoms with Crippen molar-refractivity contribution in [1.29, 1.82) is 0 Å². The van der Waals surface area contributed by atoms with Gasteiger partial charge in [0.2, 0.25) is 17.7 Å². The summed E-state index contributed by atoms with van der Waals surface area (Å²) < 4.78 is 13.8. The zero-order chi connectivity index (χ0) is 25.3. The number of benzene rings is 1. The normalized spacial score (nSPS) is 19.0. The lowest BCUT2D eigenvalue weighted by Crippen LogP contribution is -2.63. The highest BCUT2D eigenvalue weighted by Gasteiger charge is 2.40. The maximum absolute atomic E-state index is 12.6. The van der Waals surface area contributed by atoms with Crippen molar-refractivity contribution >= 4 is 35.6 Å². The van der Waals surface area contributed by atoms with E-state index in [9.17, 15) is 28.8 Å². The van der Waals surface area contributed by atoms with Crippen LogP contribution in [-0.4, -0.2) is 75.1 Å². The summed E-state index contributed by atoms with van der Waals surface area (Å²) in [4.78, 5) is 73.7. The molecular weight excluding hydrogens is 450 g/mol. The molecule has 1 aliphatic rings. The van der Waals surface area contributed by atoms with Crippen molar-refractivity contribution < 1.29 is 43.0 Å². The van der Waals surface area contributed by atoms with Gasteiger partial charge in [0.1, 0.15) is 18.1 Å². The summed E-state index contributed by atoms with van der Waals surface area (Å²) in [6, 6.07) is 5.49. The van der Waals surface area contributed by atoms with Crippen LogP contribution in [0.2, 0.25) is 0 Å². The van der Waals surface area contributed by atoms with Gasteiger partial charge in [-0.05, 0) is 5.56 Å². The number of carbonyl (C=O) groups is 6. The standard InChI is InChI=1S/C22H27N3O9/c1-32-17(27)10-13(21(30)33-2)18(22(31)34-3)25-16(26)11-15-20(29)23-14(19(28)24-15)9-12-7-5-4-6-8-12/h4-8,13-15,18H,9-11H2,1-3H3,(H,23,29)(H,24,28)(H,25,26)/t13-,14-,15-,18-/m0/s1.